The number of nitrogens with two attached hydrogens (primary N) is 1. The van der Waals surface area contributed by atoms with E-state index in [1.165, 1.54) is 5.56 Å². The maximum Gasteiger partial charge on any atom is 0.335 e. The fourth-order valence-electron chi connectivity index (χ4n) is 2.31. The minimum absolute atomic E-state index is 0.331. The van der Waals surface area contributed by atoms with Crippen molar-refractivity contribution in [1.82, 2.24) is 0 Å². The lowest BCUT2D eigenvalue weighted by Crippen LogP contribution is -2.13. The van der Waals surface area contributed by atoms with E-state index in [1.54, 1.807) is 36.4 Å². The molecule has 0 bridgehead atoms. The summed E-state index contributed by atoms with van der Waals surface area (Å²) in [5.74, 6) is -1.25. The lowest BCUT2D eigenvalue weighted by atomic mass is 9.99. The highest BCUT2D eigenvalue weighted by molar-refractivity contribution is 5.94. The van der Waals surface area contributed by atoms with E-state index in [1.807, 2.05) is 48.5 Å². The number of hydrogen-bond acceptors (Lipinski definition) is 2. The number of hydrogen-bond donors (Lipinski definition) is 2. The van der Waals surface area contributed by atoms with Gasteiger partial charge < -0.3 is 10.8 Å². The average molecular weight is 333 g/mol. The molecule has 3 rings (SSSR count). The fourth-order valence-corrected chi connectivity index (χ4v) is 2.31. The van der Waals surface area contributed by atoms with Gasteiger partial charge >= 0.3 is 5.97 Å². The van der Waals surface area contributed by atoms with Gasteiger partial charge in [0.15, 0.2) is 0 Å². The summed E-state index contributed by atoms with van der Waals surface area (Å²) in [6.07, 6.45) is 0.736. The van der Waals surface area contributed by atoms with E-state index < -0.39 is 5.97 Å². The number of amides is 1. The molecule has 3 N–H and O–H groups in total. The predicted molar refractivity (Wildman–Crippen MR) is 97.6 cm³/mol. The summed E-state index contributed by atoms with van der Waals surface area (Å²) in [4.78, 5) is 21.4. The van der Waals surface area contributed by atoms with Crippen LogP contribution in [0.25, 0.3) is 0 Å². The molecule has 0 radical (unpaired) electrons. The second kappa shape index (κ2) is 9.03. The van der Waals surface area contributed by atoms with E-state index in [0.29, 0.717) is 11.1 Å². The van der Waals surface area contributed by atoms with Gasteiger partial charge in [0.05, 0.1) is 5.56 Å². The summed E-state index contributed by atoms with van der Waals surface area (Å²) in [5.41, 5.74) is 8.41. The molecule has 0 heterocycles. The van der Waals surface area contributed by atoms with Gasteiger partial charge in [-0.05, 0) is 35.7 Å². The second-order valence-electron chi connectivity index (χ2n) is 5.35. The molecule has 0 saturated heterocycles. The van der Waals surface area contributed by atoms with Crippen LogP contribution in [-0.4, -0.2) is 17.0 Å². The van der Waals surface area contributed by atoms with Gasteiger partial charge in [0.1, 0.15) is 0 Å². The second-order valence-corrected chi connectivity index (χ2v) is 5.35. The minimum atomic E-state index is -0.879. The van der Waals surface area contributed by atoms with Gasteiger partial charge in [-0.3, -0.25) is 4.79 Å². The summed E-state index contributed by atoms with van der Waals surface area (Å²) in [6.45, 7) is 0. The van der Waals surface area contributed by atoms with E-state index in [-0.39, 0.29) is 5.91 Å². The predicted octanol–water partition coefficient (Wildman–Crippen LogP) is 3.76. The molecule has 0 unspecified atom stereocenters. The van der Waals surface area contributed by atoms with Crippen molar-refractivity contribution in [2.45, 2.75) is 6.42 Å². The Hall–Kier alpha value is -3.40. The van der Waals surface area contributed by atoms with Crippen molar-refractivity contribution in [3.05, 3.63) is 107 Å². The van der Waals surface area contributed by atoms with Gasteiger partial charge in [0.2, 0.25) is 5.91 Å². The standard InChI is InChI=1S/C14H13NO.C7H6O2/c15-14(16)13-9-5-4-8-12(13)10-11-6-2-1-3-7-11;8-7(9)6-4-2-1-3-5-6/h1-9H,10H2,(H2,15,16);1-5H,(H,8,9). The number of carbonyl (C=O) groups excluding carboxylic acids is 1. The minimum Gasteiger partial charge on any atom is -0.478 e. The summed E-state index contributed by atoms with van der Waals surface area (Å²) in [5, 5.41) is 8.38. The largest absolute Gasteiger partial charge is 0.478 e. The van der Waals surface area contributed by atoms with Crippen molar-refractivity contribution in [1.29, 1.82) is 0 Å². The number of carboxylic acid groups (broad SMARTS) is 1. The smallest absolute Gasteiger partial charge is 0.335 e. The highest BCUT2D eigenvalue weighted by Crippen LogP contribution is 2.13. The zero-order chi connectivity index (χ0) is 18.1. The molecule has 0 aliphatic carbocycles. The van der Waals surface area contributed by atoms with Gasteiger partial charge in [-0.25, -0.2) is 4.79 Å². The molecule has 0 saturated carbocycles. The third-order valence-electron chi connectivity index (χ3n) is 3.54. The van der Waals surface area contributed by atoms with Gasteiger partial charge in [-0.1, -0.05) is 66.7 Å². The molecule has 0 aliphatic rings. The van der Waals surface area contributed by atoms with E-state index in [9.17, 15) is 9.59 Å². The van der Waals surface area contributed by atoms with Crippen LogP contribution in [0.15, 0.2) is 84.9 Å². The van der Waals surface area contributed by atoms with Crippen molar-refractivity contribution in [2.75, 3.05) is 0 Å². The first-order valence-electron chi connectivity index (χ1n) is 7.78. The molecular formula is C21H19NO3. The van der Waals surface area contributed by atoms with Crippen LogP contribution in [0.3, 0.4) is 0 Å². The summed E-state index contributed by atoms with van der Waals surface area (Å²) in [7, 11) is 0. The molecule has 0 fully saturated rings. The molecular weight excluding hydrogens is 314 g/mol. The molecule has 25 heavy (non-hydrogen) atoms. The Labute approximate surface area is 146 Å². The summed E-state index contributed by atoms with van der Waals surface area (Å²) in [6, 6.07) is 25.8. The van der Waals surface area contributed by atoms with Crippen LogP contribution in [0.1, 0.15) is 31.8 Å². The van der Waals surface area contributed by atoms with Crippen molar-refractivity contribution >= 4 is 11.9 Å². The van der Waals surface area contributed by atoms with Crippen molar-refractivity contribution < 1.29 is 14.7 Å². The fraction of sp³-hybridized carbons (Fsp3) is 0.0476. The normalized spacial score (nSPS) is 9.60. The Morgan fingerprint density at radius 2 is 1.28 bits per heavy atom. The lowest BCUT2D eigenvalue weighted by Gasteiger charge is -2.06. The van der Waals surface area contributed by atoms with Crippen LogP contribution in [-0.2, 0) is 6.42 Å². The molecule has 0 aromatic heterocycles. The van der Waals surface area contributed by atoms with Crippen LogP contribution in [0.4, 0.5) is 0 Å². The quantitative estimate of drug-likeness (QED) is 0.763. The topological polar surface area (TPSA) is 80.4 Å². The molecule has 1 amide bonds. The zero-order valence-electron chi connectivity index (χ0n) is 13.6. The van der Waals surface area contributed by atoms with Gasteiger partial charge in [-0.2, -0.15) is 0 Å². The molecule has 0 aliphatic heterocycles. The maximum atomic E-state index is 11.2. The van der Waals surface area contributed by atoms with Gasteiger partial charge in [0, 0.05) is 5.56 Å². The van der Waals surface area contributed by atoms with E-state index in [2.05, 4.69) is 0 Å². The number of aromatic carboxylic acids is 1. The summed E-state index contributed by atoms with van der Waals surface area (Å²) < 4.78 is 0. The Bertz CT molecular complexity index is 830. The Morgan fingerprint density at radius 3 is 1.80 bits per heavy atom. The zero-order valence-corrected chi connectivity index (χ0v) is 13.6. The molecule has 0 spiro atoms. The van der Waals surface area contributed by atoms with Gasteiger partial charge in [-0.15, -0.1) is 0 Å². The van der Waals surface area contributed by atoms with Crippen LogP contribution in [0.5, 0.6) is 0 Å². The first-order chi connectivity index (χ1) is 12.1. The Kier molecular flexibility index (Phi) is 6.48. The molecule has 4 heteroatoms. The highest BCUT2D eigenvalue weighted by Gasteiger charge is 2.06. The van der Waals surface area contributed by atoms with Crippen LogP contribution in [0, 0.1) is 0 Å². The first-order valence-corrected chi connectivity index (χ1v) is 7.78. The van der Waals surface area contributed by atoms with E-state index in [4.69, 9.17) is 10.8 Å². The van der Waals surface area contributed by atoms with Crippen molar-refractivity contribution in [3.8, 4) is 0 Å². The van der Waals surface area contributed by atoms with Crippen LogP contribution in [0.2, 0.25) is 0 Å². The van der Waals surface area contributed by atoms with Crippen LogP contribution >= 0.6 is 0 Å². The molecule has 3 aromatic rings. The molecule has 4 nitrogen and oxygen atoms in total. The number of primary amides is 1. The first kappa shape index (κ1) is 17.9. The third kappa shape index (κ3) is 5.62. The van der Waals surface area contributed by atoms with Crippen molar-refractivity contribution in [3.63, 3.8) is 0 Å². The number of benzene rings is 3. The Morgan fingerprint density at radius 1 is 0.760 bits per heavy atom. The molecule has 0 atom stereocenters. The molecule has 3 aromatic carbocycles. The van der Waals surface area contributed by atoms with Crippen molar-refractivity contribution in [2.24, 2.45) is 5.73 Å². The average Bonchev–Trinajstić information content (AvgIpc) is 2.64. The van der Waals surface area contributed by atoms with Crippen LogP contribution < -0.4 is 5.73 Å². The monoisotopic (exact) mass is 333 g/mol. The number of rotatable bonds is 4. The lowest BCUT2D eigenvalue weighted by molar-refractivity contribution is 0.0696. The summed E-state index contributed by atoms with van der Waals surface area (Å²) >= 11 is 0. The number of carboxylic acids is 1. The third-order valence-corrected chi connectivity index (χ3v) is 3.54. The highest BCUT2D eigenvalue weighted by atomic mass is 16.4. The SMILES string of the molecule is NC(=O)c1ccccc1Cc1ccccc1.O=C(O)c1ccccc1. The van der Waals surface area contributed by atoms with E-state index >= 15 is 0 Å². The maximum absolute atomic E-state index is 11.2. The van der Waals surface area contributed by atoms with E-state index in [0.717, 1.165) is 12.0 Å². The Balaban J connectivity index is 0.000000212. The van der Waals surface area contributed by atoms with Gasteiger partial charge in [0.25, 0.3) is 0 Å². The number of carbonyl (C=O) groups is 2. The molecule has 126 valence electrons.